The van der Waals surface area contributed by atoms with Crippen molar-refractivity contribution in [1.82, 2.24) is 0 Å². The maximum Gasteiger partial charge on any atom is 0.416 e. The van der Waals surface area contributed by atoms with Gasteiger partial charge in [-0.1, -0.05) is 32.1 Å². The number of anilines is 1. The Morgan fingerprint density at radius 3 is 2.15 bits per heavy atom. The highest BCUT2D eigenvalue weighted by Gasteiger charge is 2.29. The van der Waals surface area contributed by atoms with E-state index < -0.39 is 17.7 Å². The van der Waals surface area contributed by atoms with Crippen LogP contribution in [-0.2, 0) is 10.9 Å². The second-order valence-corrected chi connectivity index (χ2v) is 7.78. The molecular formula is C25H27F3N2O3. The first kappa shape index (κ1) is 25.7. The highest BCUT2D eigenvalue weighted by atomic mass is 19.4. The molecule has 0 radical (unpaired) electrons. The Morgan fingerprint density at radius 1 is 1.09 bits per heavy atom. The predicted octanol–water partition coefficient (Wildman–Crippen LogP) is 6.50. The number of halogens is 3. The van der Waals surface area contributed by atoms with Crippen LogP contribution in [0.5, 0.6) is 0 Å². The number of hydrogen-bond donors (Lipinski definition) is 2. The molecule has 0 heterocycles. The van der Waals surface area contributed by atoms with Gasteiger partial charge in [-0.25, -0.2) is 9.79 Å². The molecule has 0 amide bonds. The number of carboxylic acids is 1. The third-order valence-electron chi connectivity index (χ3n) is 5.00. The standard InChI is InChI=1S/C25H27F3N2O3/c1-16(2)22(30-21-12-8-19(9-13-21)24(31)32)15-33-23(29-4)14-5-17(3)18-6-10-20(11-7-18)25(26,27)28/h5-14,16,22,30H,4,15H2,1-3H3,(H,31,32)/b17-5+,23-14+/t22-/m1/s1. The van der Waals surface area contributed by atoms with Crippen molar-refractivity contribution in [2.75, 3.05) is 11.9 Å². The number of alkyl halides is 3. The Balaban J connectivity index is 2.04. The lowest BCUT2D eigenvalue weighted by Crippen LogP contribution is -2.30. The normalized spacial score (nSPS) is 13.5. The molecule has 8 heteroatoms. The predicted molar refractivity (Wildman–Crippen MR) is 124 cm³/mol. The molecule has 0 saturated carbocycles. The van der Waals surface area contributed by atoms with Gasteiger partial charge in [0.2, 0.25) is 5.88 Å². The quantitative estimate of drug-likeness (QED) is 0.241. The molecule has 0 spiro atoms. The lowest BCUT2D eigenvalue weighted by Gasteiger charge is -2.23. The van der Waals surface area contributed by atoms with Gasteiger partial charge in [-0.05, 0) is 67.1 Å². The van der Waals surface area contributed by atoms with E-state index in [1.54, 1.807) is 31.2 Å². The van der Waals surface area contributed by atoms with Gasteiger partial charge in [-0.2, -0.15) is 13.2 Å². The zero-order valence-corrected chi connectivity index (χ0v) is 18.7. The highest BCUT2D eigenvalue weighted by molar-refractivity contribution is 5.88. The van der Waals surface area contributed by atoms with Gasteiger partial charge in [-0.3, -0.25) is 0 Å². The van der Waals surface area contributed by atoms with Crippen molar-refractivity contribution < 1.29 is 27.8 Å². The number of nitrogens with one attached hydrogen (secondary N) is 1. The van der Waals surface area contributed by atoms with Gasteiger partial charge in [0.05, 0.1) is 17.2 Å². The lowest BCUT2D eigenvalue weighted by atomic mass is 10.0. The maximum absolute atomic E-state index is 12.7. The van der Waals surface area contributed by atoms with E-state index in [4.69, 9.17) is 9.84 Å². The number of nitrogens with zero attached hydrogens (tertiary/aromatic N) is 1. The van der Waals surface area contributed by atoms with Gasteiger partial charge in [0.25, 0.3) is 0 Å². The summed E-state index contributed by atoms with van der Waals surface area (Å²) in [5.41, 5.74) is 1.66. The van der Waals surface area contributed by atoms with Crippen molar-refractivity contribution >= 4 is 23.9 Å². The Morgan fingerprint density at radius 2 is 1.67 bits per heavy atom. The Hall–Kier alpha value is -3.55. The smallest absolute Gasteiger partial charge is 0.416 e. The van der Waals surface area contributed by atoms with Crippen LogP contribution in [0.2, 0.25) is 0 Å². The molecule has 2 rings (SSSR count). The molecule has 0 fully saturated rings. The Labute approximate surface area is 191 Å². The minimum absolute atomic E-state index is 0.0918. The fourth-order valence-corrected chi connectivity index (χ4v) is 2.86. The zero-order chi connectivity index (χ0) is 24.6. The van der Waals surface area contributed by atoms with Gasteiger partial charge >= 0.3 is 12.1 Å². The van der Waals surface area contributed by atoms with Crippen molar-refractivity contribution in [2.24, 2.45) is 10.9 Å². The number of benzene rings is 2. The Bertz CT molecular complexity index is 1010. The van der Waals surface area contributed by atoms with Crippen molar-refractivity contribution in [3.8, 4) is 0 Å². The molecule has 33 heavy (non-hydrogen) atoms. The summed E-state index contributed by atoms with van der Waals surface area (Å²) in [5.74, 6) is -0.522. The van der Waals surface area contributed by atoms with Crippen LogP contribution in [-0.4, -0.2) is 30.4 Å². The van der Waals surface area contributed by atoms with Crippen molar-refractivity contribution in [3.05, 3.63) is 83.3 Å². The lowest BCUT2D eigenvalue weighted by molar-refractivity contribution is -0.137. The van der Waals surface area contributed by atoms with E-state index in [9.17, 15) is 18.0 Å². The van der Waals surface area contributed by atoms with E-state index in [2.05, 4.69) is 17.0 Å². The number of allylic oxidation sites excluding steroid dienone is 3. The first-order valence-corrected chi connectivity index (χ1v) is 10.3. The summed E-state index contributed by atoms with van der Waals surface area (Å²) >= 11 is 0. The van der Waals surface area contributed by atoms with Gasteiger partial charge in [-0.15, -0.1) is 0 Å². The molecule has 0 unspecified atom stereocenters. The van der Waals surface area contributed by atoms with Crippen LogP contribution < -0.4 is 5.32 Å². The summed E-state index contributed by atoms with van der Waals surface area (Å²) in [6, 6.07) is 11.3. The van der Waals surface area contributed by atoms with E-state index >= 15 is 0 Å². The van der Waals surface area contributed by atoms with Gasteiger partial charge in [0.15, 0.2) is 0 Å². The Kier molecular flexibility index (Phi) is 8.85. The van der Waals surface area contributed by atoms with Crippen LogP contribution >= 0.6 is 0 Å². The van der Waals surface area contributed by atoms with Crippen molar-refractivity contribution in [1.29, 1.82) is 0 Å². The molecule has 0 aromatic heterocycles. The topological polar surface area (TPSA) is 70.9 Å². The summed E-state index contributed by atoms with van der Waals surface area (Å²) in [6.45, 7) is 9.60. The number of aromatic carboxylic acids is 1. The largest absolute Gasteiger partial charge is 0.478 e. The molecule has 0 aliphatic heterocycles. The summed E-state index contributed by atoms with van der Waals surface area (Å²) < 4.78 is 44.0. The first-order valence-electron chi connectivity index (χ1n) is 10.3. The van der Waals surface area contributed by atoms with Gasteiger partial charge in [0.1, 0.15) is 6.61 Å². The number of aliphatic imine (C=N–C) groups is 1. The summed E-state index contributed by atoms with van der Waals surface area (Å²) in [7, 11) is 0. The van der Waals surface area contributed by atoms with Gasteiger partial charge < -0.3 is 15.2 Å². The van der Waals surface area contributed by atoms with Crippen LogP contribution in [0.1, 0.15) is 42.3 Å². The molecule has 2 N–H and O–H groups in total. The molecule has 1 atom stereocenters. The SMILES string of the molecule is C=N/C(=C\C=C(/C)c1ccc(C(F)(F)F)cc1)OC[C@@H](Nc1ccc(C(=O)O)cc1)C(C)C. The molecule has 2 aromatic carbocycles. The molecule has 0 saturated heterocycles. The van der Waals surface area contributed by atoms with Crippen molar-refractivity contribution in [3.63, 3.8) is 0 Å². The molecule has 0 aliphatic rings. The first-order chi connectivity index (χ1) is 15.5. The summed E-state index contributed by atoms with van der Waals surface area (Å²) in [5, 5.41) is 12.3. The number of carbonyl (C=O) groups is 1. The second-order valence-electron chi connectivity index (χ2n) is 7.78. The van der Waals surface area contributed by atoms with E-state index in [1.807, 2.05) is 13.8 Å². The van der Waals surface area contributed by atoms with Crippen LogP contribution in [0.15, 0.2) is 71.6 Å². The van der Waals surface area contributed by atoms with E-state index in [0.29, 0.717) is 5.56 Å². The average Bonchev–Trinajstić information content (AvgIpc) is 2.77. The van der Waals surface area contributed by atoms with E-state index in [-0.39, 0.29) is 30.0 Å². The van der Waals surface area contributed by atoms with Crippen LogP contribution in [0.25, 0.3) is 5.57 Å². The number of ether oxygens (including phenoxy) is 1. The minimum Gasteiger partial charge on any atom is -0.478 e. The van der Waals surface area contributed by atoms with Gasteiger partial charge in [0, 0.05) is 11.8 Å². The minimum atomic E-state index is -4.37. The number of carboxylic acid groups (broad SMARTS) is 1. The zero-order valence-electron chi connectivity index (χ0n) is 18.7. The fraction of sp³-hybridized carbons (Fsp3) is 0.280. The number of rotatable bonds is 10. The third-order valence-corrected chi connectivity index (χ3v) is 5.00. The van der Waals surface area contributed by atoms with Crippen LogP contribution in [0.3, 0.4) is 0 Å². The molecule has 2 aromatic rings. The molecule has 0 aliphatic carbocycles. The van der Waals surface area contributed by atoms with Crippen LogP contribution in [0, 0.1) is 5.92 Å². The van der Waals surface area contributed by atoms with Crippen LogP contribution in [0.4, 0.5) is 18.9 Å². The van der Waals surface area contributed by atoms with E-state index in [0.717, 1.165) is 23.4 Å². The number of hydrogen-bond acceptors (Lipinski definition) is 4. The van der Waals surface area contributed by atoms with E-state index in [1.165, 1.54) is 24.3 Å². The second kappa shape index (κ2) is 11.4. The maximum atomic E-state index is 12.7. The van der Waals surface area contributed by atoms with Crippen molar-refractivity contribution in [2.45, 2.75) is 33.0 Å². The molecule has 176 valence electrons. The molecule has 5 nitrogen and oxygen atoms in total. The molecular weight excluding hydrogens is 433 g/mol. The average molecular weight is 460 g/mol. The summed E-state index contributed by atoms with van der Waals surface area (Å²) in [4.78, 5) is 14.9. The fourth-order valence-electron chi connectivity index (χ4n) is 2.86. The third kappa shape index (κ3) is 7.82. The highest BCUT2D eigenvalue weighted by Crippen LogP contribution is 2.30. The summed E-state index contributed by atoms with van der Waals surface area (Å²) in [6.07, 6.45) is -1.06. The monoisotopic (exact) mass is 460 g/mol. The molecule has 0 bridgehead atoms.